The standard InChI is InChI=1S/C21H23N5O4/c1-12(2)25-11-17(23-4)16-8-15(6-7-18(16)25)26-10-14(9-24-26)20(27)30-13(3)19(22)21(28)29-5/h6-13,19H,22H2,1-3,5H3/t13-,19+/m1/s1. The van der Waals surface area contributed by atoms with Gasteiger partial charge in [0, 0.05) is 29.3 Å². The van der Waals surface area contributed by atoms with Crippen molar-refractivity contribution in [3.8, 4) is 5.69 Å². The van der Waals surface area contributed by atoms with Crippen LogP contribution in [0.1, 0.15) is 37.2 Å². The number of nitrogens with zero attached hydrogens (tertiary/aromatic N) is 4. The molecule has 3 aromatic rings. The molecule has 156 valence electrons. The van der Waals surface area contributed by atoms with Gasteiger partial charge in [-0.25, -0.2) is 14.3 Å². The quantitative estimate of drug-likeness (QED) is 0.496. The molecule has 0 aliphatic carbocycles. The van der Waals surface area contributed by atoms with Gasteiger partial charge in [-0.2, -0.15) is 5.10 Å². The first kappa shape index (κ1) is 21.1. The van der Waals surface area contributed by atoms with Crippen LogP contribution in [0.25, 0.3) is 21.4 Å². The summed E-state index contributed by atoms with van der Waals surface area (Å²) < 4.78 is 13.4. The molecule has 3 rings (SSSR count). The fourth-order valence-electron chi connectivity index (χ4n) is 3.09. The third-order valence-corrected chi connectivity index (χ3v) is 4.83. The van der Waals surface area contributed by atoms with Gasteiger partial charge >= 0.3 is 11.9 Å². The molecule has 1 aromatic carbocycles. The number of aromatic nitrogens is 3. The minimum Gasteiger partial charge on any atom is -0.468 e. The van der Waals surface area contributed by atoms with Gasteiger partial charge in [0.2, 0.25) is 5.69 Å². The van der Waals surface area contributed by atoms with Crippen LogP contribution in [0.15, 0.2) is 36.8 Å². The van der Waals surface area contributed by atoms with E-state index in [1.807, 2.05) is 29.0 Å². The van der Waals surface area contributed by atoms with Crippen LogP contribution >= 0.6 is 0 Å². The lowest BCUT2D eigenvalue weighted by molar-refractivity contribution is -0.144. The summed E-state index contributed by atoms with van der Waals surface area (Å²) in [6.07, 6.45) is 3.88. The zero-order valence-corrected chi connectivity index (χ0v) is 17.2. The van der Waals surface area contributed by atoms with Crippen LogP contribution in [0, 0.1) is 6.57 Å². The van der Waals surface area contributed by atoms with Gasteiger partial charge in [0.15, 0.2) is 0 Å². The topological polar surface area (TPSA) is 106 Å². The molecule has 0 saturated carbocycles. The Labute approximate surface area is 173 Å². The first-order chi connectivity index (χ1) is 14.3. The summed E-state index contributed by atoms with van der Waals surface area (Å²) in [5, 5.41) is 5.04. The Morgan fingerprint density at radius 1 is 1.23 bits per heavy atom. The highest BCUT2D eigenvalue weighted by Gasteiger charge is 2.26. The number of ether oxygens (including phenoxy) is 2. The van der Waals surface area contributed by atoms with E-state index in [0.29, 0.717) is 11.4 Å². The third-order valence-electron chi connectivity index (χ3n) is 4.83. The van der Waals surface area contributed by atoms with Gasteiger partial charge in [0.25, 0.3) is 0 Å². The highest BCUT2D eigenvalue weighted by Crippen LogP contribution is 2.32. The lowest BCUT2D eigenvalue weighted by Gasteiger charge is -2.17. The van der Waals surface area contributed by atoms with E-state index in [0.717, 1.165) is 10.9 Å². The molecule has 2 N–H and O–H groups in total. The average Bonchev–Trinajstić information content (AvgIpc) is 3.37. The van der Waals surface area contributed by atoms with Crippen molar-refractivity contribution in [1.29, 1.82) is 0 Å². The van der Waals surface area contributed by atoms with Crippen LogP contribution < -0.4 is 5.73 Å². The van der Waals surface area contributed by atoms with E-state index in [2.05, 4.69) is 28.5 Å². The van der Waals surface area contributed by atoms with E-state index >= 15 is 0 Å². The van der Waals surface area contributed by atoms with Crippen molar-refractivity contribution in [3.63, 3.8) is 0 Å². The Balaban J connectivity index is 1.85. The number of hydrogen-bond acceptors (Lipinski definition) is 6. The number of fused-ring (bicyclic) bond motifs is 1. The largest absolute Gasteiger partial charge is 0.468 e. The highest BCUT2D eigenvalue weighted by molar-refractivity contribution is 5.95. The van der Waals surface area contributed by atoms with Gasteiger partial charge in [0.1, 0.15) is 12.1 Å². The third kappa shape index (κ3) is 3.90. The zero-order chi connectivity index (χ0) is 22.0. The molecule has 9 nitrogen and oxygen atoms in total. The van der Waals surface area contributed by atoms with Gasteiger partial charge in [-0.05, 0) is 39.0 Å². The summed E-state index contributed by atoms with van der Waals surface area (Å²) in [5.74, 6) is -1.31. The molecule has 0 bridgehead atoms. The number of nitrogens with two attached hydrogens (primary N) is 1. The molecule has 2 aromatic heterocycles. The Morgan fingerprint density at radius 2 is 1.97 bits per heavy atom. The van der Waals surface area contributed by atoms with Gasteiger partial charge in [0.05, 0.1) is 31.1 Å². The van der Waals surface area contributed by atoms with E-state index in [1.54, 1.807) is 0 Å². The van der Waals surface area contributed by atoms with Crippen molar-refractivity contribution in [2.45, 2.75) is 39.0 Å². The molecule has 0 amide bonds. The average molecular weight is 409 g/mol. The molecule has 9 heteroatoms. The number of carbonyl (C=O) groups excluding carboxylic acids is 2. The van der Waals surface area contributed by atoms with Crippen molar-refractivity contribution >= 4 is 28.5 Å². The lowest BCUT2D eigenvalue weighted by Crippen LogP contribution is -2.43. The van der Waals surface area contributed by atoms with E-state index in [9.17, 15) is 9.59 Å². The molecule has 0 saturated heterocycles. The molecule has 0 radical (unpaired) electrons. The predicted octanol–water partition coefficient (Wildman–Crippen LogP) is 3.00. The predicted molar refractivity (Wildman–Crippen MR) is 111 cm³/mol. The SMILES string of the molecule is [C-]#[N+]c1cn(C(C)C)c2ccc(-n3cc(C(=O)O[C@H](C)[C@H](N)C(=O)OC)cn3)cc12. The van der Waals surface area contributed by atoms with Crippen molar-refractivity contribution in [2.75, 3.05) is 7.11 Å². The monoisotopic (exact) mass is 409 g/mol. The molecule has 2 atom stereocenters. The normalized spacial score (nSPS) is 13.1. The second-order valence-electron chi connectivity index (χ2n) is 7.16. The van der Waals surface area contributed by atoms with Crippen LogP contribution in [0.4, 0.5) is 5.69 Å². The summed E-state index contributed by atoms with van der Waals surface area (Å²) in [6.45, 7) is 13.1. The van der Waals surface area contributed by atoms with Gasteiger partial charge < -0.3 is 19.8 Å². The minimum absolute atomic E-state index is 0.212. The van der Waals surface area contributed by atoms with Gasteiger partial charge in [-0.1, -0.05) is 0 Å². The molecular formula is C21H23N5O4. The smallest absolute Gasteiger partial charge is 0.341 e. The minimum atomic E-state index is -1.08. The molecule has 0 aliphatic heterocycles. The molecular weight excluding hydrogens is 386 g/mol. The van der Waals surface area contributed by atoms with Crippen molar-refractivity contribution in [1.82, 2.24) is 14.3 Å². The van der Waals surface area contributed by atoms with Crippen LogP contribution in [-0.2, 0) is 14.3 Å². The summed E-state index contributed by atoms with van der Waals surface area (Å²) >= 11 is 0. The molecule has 2 heterocycles. The van der Waals surface area contributed by atoms with Crippen molar-refractivity contribution in [2.24, 2.45) is 5.73 Å². The molecule has 0 aliphatic rings. The molecule has 30 heavy (non-hydrogen) atoms. The first-order valence-electron chi connectivity index (χ1n) is 9.38. The van der Waals surface area contributed by atoms with Crippen LogP contribution in [-0.4, -0.2) is 45.5 Å². The van der Waals surface area contributed by atoms with E-state index in [4.69, 9.17) is 17.0 Å². The zero-order valence-electron chi connectivity index (χ0n) is 17.2. The van der Waals surface area contributed by atoms with Crippen molar-refractivity contribution in [3.05, 3.63) is 53.8 Å². The molecule has 0 fully saturated rings. The lowest BCUT2D eigenvalue weighted by atomic mass is 10.2. The molecule has 0 spiro atoms. The number of methoxy groups -OCH3 is 1. The van der Waals surface area contributed by atoms with Gasteiger partial charge in [-0.3, -0.25) is 4.79 Å². The fraction of sp³-hybridized carbons (Fsp3) is 0.333. The Hall–Kier alpha value is -3.64. The maximum atomic E-state index is 12.4. The number of carbonyl (C=O) groups is 2. The number of benzene rings is 1. The number of hydrogen-bond donors (Lipinski definition) is 1. The Bertz CT molecular complexity index is 1140. The maximum Gasteiger partial charge on any atom is 0.341 e. The van der Waals surface area contributed by atoms with E-state index < -0.39 is 24.1 Å². The van der Waals surface area contributed by atoms with Crippen LogP contribution in [0.3, 0.4) is 0 Å². The number of rotatable bonds is 6. The van der Waals surface area contributed by atoms with E-state index in [1.165, 1.54) is 31.1 Å². The van der Waals surface area contributed by atoms with Crippen molar-refractivity contribution < 1.29 is 19.1 Å². The summed E-state index contributed by atoms with van der Waals surface area (Å²) in [5.41, 5.74) is 8.12. The van der Waals surface area contributed by atoms with E-state index in [-0.39, 0.29) is 11.6 Å². The second kappa shape index (κ2) is 8.39. The number of esters is 2. The summed E-state index contributed by atoms with van der Waals surface area (Å²) in [6, 6.07) is 4.80. The highest BCUT2D eigenvalue weighted by atomic mass is 16.6. The summed E-state index contributed by atoms with van der Waals surface area (Å²) in [7, 11) is 1.21. The first-order valence-corrected chi connectivity index (χ1v) is 9.38. The van der Waals surface area contributed by atoms with Gasteiger partial charge in [-0.15, -0.1) is 0 Å². The summed E-state index contributed by atoms with van der Waals surface area (Å²) in [4.78, 5) is 27.5. The van der Waals surface area contributed by atoms with Crippen LogP contribution in [0.5, 0.6) is 0 Å². The fourth-order valence-corrected chi connectivity index (χ4v) is 3.09. The second-order valence-corrected chi connectivity index (χ2v) is 7.16. The Morgan fingerprint density at radius 3 is 2.60 bits per heavy atom. The maximum absolute atomic E-state index is 12.4. The molecule has 0 unspecified atom stereocenters. The van der Waals surface area contributed by atoms with Crippen LogP contribution in [0.2, 0.25) is 0 Å². The Kier molecular flexibility index (Phi) is 5.89.